The largest absolute Gasteiger partial charge is 0.469 e. The molecule has 2 aromatic rings. The van der Waals surface area contributed by atoms with E-state index in [4.69, 9.17) is 4.74 Å². The smallest absolute Gasteiger partial charge is 0.312 e. The van der Waals surface area contributed by atoms with Gasteiger partial charge in [0.2, 0.25) is 5.91 Å². The minimum absolute atomic E-state index is 0.00587. The average Bonchev–Trinajstić information content (AvgIpc) is 3.52. The van der Waals surface area contributed by atoms with Gasteiger partial charge in [-0.05, 0) is 54.9 Å². The van der Waals surface area contributed by atoms with Crippen molar-refractivity contribution < 1.29 is 19.1 Å². The second-order valence-corrected chi connectivity index (χ2v) is 11.3. The van der Waals surface area contributed by atoms with Crippen LogP contribution >= 0.6 is 0 Å². The van der Waals surface area contributed by atoms with Gasteiger partial charge in [0, 0.05) is 24.6 Å². The molecule has 0 spiro atoms. The summed E-state index contributed by atoms with van der Waals surface area (Å²) >= 11 is 0. The molecule has 40 heavy (non-hydrogen) atoms. The van der Waals surface area contributed by atoms with Gasteiger partial charge in [0.15, 0.2) is 5.78 Å². The Morgan fingerprint density at radius 3 is 2.35 bits per heavy atom. The van der Waals surface area contributed by atoms with Crippen molar-refractivity contribution in [2.24, 2.45) is 17.3 Å². The molecule has 1 aliphatic heterocycles. The zero-order valence-corrected chi connectivity index (χ0v) is 23.9. The monoisotopic (exact) mass is 542 g/mol. The highest BCUT2D eigenvalue weighted by molar-refractivity contribution is 5.96. The highest BCUT2D eigenvalue weighted by Crippen LogP contribution is 2.57. The van der Waals surface area contributed by atoms with Crippen molar-refractivity contribution in [3.8, 4) is 11.1 Å². The minimum atomic E-state index is -0.857. The number of hydrogen-bond donors (Lipinski definition) is 0. The lowest BCUT2D eigenvalue weighted by atomic mass is 9.92. The maximum absolute atomic E-state index is 13.8. The van der Waals surface area contributed by atoms with E-state index in [9.17, 15) is 14.4 Å². The molecular weight excluding hydrogens is 500 g/mol. The SMILES string of the molecule is C=CCCCCC[C@H](C)C(=O)N1CN(c2ccc(-c3ccccc3)cc2)C[C@H]1C(=O)C[C@]1(C(=O)OC)C[C@H]1C=C. The first-order chi connectivity index (χ1) is 19.3. The fourth-order valence-electron chi connectivity index (χ4n) is 5.94. The molecule has 1 saturated heterocycles. The Bertz CT molecular complexity index is 1210. The average molecular weight is 543 g/mol. The Hall–Kier alpha value is -3.67. The minimum Gasteiger partial charge on any atom is -0.469 e. The molecule has 2 fully saturated rings. The van der Waals surface area contributed by atoms with Crippen LogP contribution < -0.4 is 4.90 Å². The quantitative estimate of drug-likeness (QED) is 0.156. The molecule has 0 N–H and O–H groups in total. The van der Waals surface area contributed by atoms with E-state index in [1.165, 1.54) is 7.11 Å². The number of amides is 1. The summed E-state index contributed by atoms with van der Waals surface area (Å²) in [6.07, 6.45) is 9.12. The molecule has 6 nitrogen and oxygen atoms in total. The summed E-state index contributed by atoms with van der Waals surface area (Å²) in [5.74, 6) is -0.734. The van der Waals surface area contributed by atoms with Crippen molar-refractivity contribution in [3.63, 3.8) is 0 Å². The van der Waals surface area contributed by atoms with Gasteiger partial charge in [0.1, 0.15) is 6.04 Å². The molecule has 2 aliphatic rings. The Labute approximate surface area is 238 Å². The topological polar surface area (TPSA) is 66.9 Å². The first-order valence-corrected chi connectivity index (χ1v) is 14.4. The third-order valence-electron chi connectivity index (χ3n) is 8.55. The molecule has 4 atom stereocenters. The molecule has 212 valence electrons. The predicted molar refractivity (Wildman–Crippen MR) is 160 cm³/mol. The summed E-state index contributed by atoms with van der Waals surface area (Å²) in [5, 5.41) is 0. The van der Waals surface area contributed by atoms with Crippen LogP contribution in [0.15, 0.2) is 79.9 Å². The Balaban J connectivity index is 1.52. The van der Waals surface area contributed by atoms with Crippen molar-refractivity contribution in [2.75, 3.05) is 25.2 Å². The van der Waals surface area contributed by atoms with E-state index >= 15 is 0 Å². The maximum Gasteiger partial charge on any atom is 0.312 e. The fraction of sp³-hybridized carbons (Fsp3) is 0.441. The molecule has 6 heteroatoms. The van der Waals surface area contributed by atoms with Crippen LogP contribution in [0.2, 0.25) is 0 Å². The van der Waals surface area contributed by atoms with E-state index in [0.717, 1.165) is 48.9 Å². The number of rotatable bonds is 14. The maximum atomic E-state index is 13.8. The molecule has 0 aromatic heterocycles. The molecule has 1 amide bonds. The number of carbonyl (C=O) groups excluding carboxylic acids is 3. The van der Waals surface area contributed by atoms with Crippen LogP contribution in [0, 0.1) is 17.3 Å². The number of allylic oxidation sites excluding steroid dienone is 2. The van der Waals surface area contributed by atoms with Crippen molar-refractivity contribution in [2.45, 2.75) is 57.9 Å². The van der Waals surface area contributed by atoms with E-state index in [1.807, 2.05) is 43.3 Å². The number of carbonyl (C=O) groups is 3. The Kier molecular flexibility index (Phi) is 9.62. The molecule has 1 heterocycles. The lowest BCUT2D eigenvalue weighted by Crippen LogP contribution is -2.45. The zero-order valence-electron chi connectivity index (χ0n) is 23.9. The lowest BCUT2D eigenvalue weighted by molar-refractivity contribution is -0.150. The first kappa shape index (κ1) is 29.3. The number of unbranched alkanes of at least 4 members (excludes halogenated alkanes) is 3. The van der Waals surface area contributed by atoms with Gasteiger partial charge in [-0.25, -0.2) is 0 Å². The van der Waals surface area contributed by atoms with Gasteiger partial charge in [0.25, 0.3) is 0 Å². The van der Waals surface area contributed by atoms with Gasteiger partial charge in [-0.2, -0.15) is 0 Å². The fourth-order valence-corrected chi connectivity index (χ4v) is 5.94. The molecule has 4 rings (SSSR count). The van der Waals surface area contributed by atoms with Gasteiger partial charge in [0.05, 0.1) is 19.2 Å². The number of ether oxygens (including phenoxy) is 1. The van der Waals surface area contributed by atoms with E-state index in [-0.39, 0.29) is 35.9 Å². The van der Waals surface area contributed by atoms with E-state index in [1.54, 1.807) is 11.0 Å². The van der Waals surface area contributed by atoms with E-state index in [2.05, 4.69) is 42.3 Å². The summed E-state index contributed by atoms with van der Waals surface area (Å²) in [7, 11) is 1.36. The molecule has 1 saturated carbocycles. The summed E-state index contributed by atoms with van der Waals surface area (Å²) < 4.78 is 5.06. The lowest BCUT2D eigenvalue weighted by Gasteiger charge is -2.27. The normalized spacial score (nSPS) is 22.4. The van der Waals surface area contributed by atoms with E-state index in [0.29, 0.717) is 19.6 Å². The first-order valence-electron chi connectivity index (χ1n) is 14.4. The Morgan fingerprint density at radius 1 is 1.02 bits per heavy atom. The number of esters is 1. The number of nitrogens with zero attached hydrogens (tertiary/aromatic N) is 2. The van der Waals surface area contributed by atoms with Crippen LogP contribution in [0.1, 0.15) is 51.9 Å². The van der Waals surface area contributed by atoms with Gasteiger partial charge in [-0.15, -0.1) is 13.2 Å². The van der Waals surface area contributed by atoms with Crippen molar-refractivity contribution >= 4 is 23.3 Å². The highest BCUT2D eigenvalue weighted by atomic mass is 16.5. The van der Waals surface area contributed by atoms with Gasteiger partial charge < -0.3 is 14.5 Å². The zero-order chi connectivity index (χ0) is 28.7. The highest BCUT2D eigenvalue weighted by Gasteiger charge is 2.61. The number of hydrogen-bond acceptors (Lipinski definition) is 5. The van der Waals surface area contributed by atoms with E-state index < -0.39 is 11.5 Å². The van der Waals surface area contributed by atoms with Gasteiger partial charge in [-0.3, -0.25) is 14.4 Å². The molecule has 0 bridgehead atoms. The summed E-state index contributed by atoms with van der Waals surface area (Å²) in [4.78, 5) is 44.0. The van der Waals surface area contributed by atoms with Crippen LogP contribution in [0.25, 0.3) is 11.1 Å². The summed E-state index contributed by atoms with van der Waals surface area (Å²) in [5.41, 5.74) is 2.35. The number of Topliss-reactive ketones (excluding diaryl/α,β-unsaturated/α-hetero) is 1. The van der Waals surface area contributed by atoms with Crippen LogP contribution in [0.5, 0.6) is 0 Å². The number of benzene rings is 2. The molecule has 0 unspecified atom stereocenters. The molecule has 1 aliphatic carbocycles. The van der Waals surface area contributed by atoms with Gasteiger partial charge in [-0.1, -0.05) is 74.4 Å². The second-order valence-electron chi connectivity index (χ2n) is 11.3. The van der Waals surface area contributed by atoms with Gasteiger partial charge >= 0.3 is 5.97 Å². The predicted octanol–water partition coefficient (Wildman–Crippen LogP) is 6.43. The van der Waals surface area contributed by atoms with Crippen molar-refractivity contribution in [3.05, 3.63) is 79.9 Å². The third-order valence-corrected chi connectivity index (χ3v) is 8.55. The van der Waals surface area contributed by atoms with Crippen LogP contribution in [-0.2, 0) is 19.1 Å². The van der Waals surface area contributed by atoms with Crippen molar-refractivity contribution in [1.82, 2.24) is 4.90 Å². The Morgan fingerprint density at radius 2 is 1.73 bits per heavy atom. The van der Waals surface area contributed by atoms with Crippen LogP contribution in [0.4, 0.5) is 5.69 Å². The van der Waals surface area contributed by atoms with Crippen LogP contribution in [0.3, 0.4) is 0 Å². The third kappa shape index (κ3) is 6.38. The molecular formula is C34H42N2O4. The second kappa shape index (κ2) is 13.1. The molecule has 0 radical (unpaired) electrons. The summed E-state index contributed by atoms with van der Waals surface area (Å²) in [6.45, 7) is 10.3. The number of ketones is 1. The number of methoxy groups -OCH3 is 1. The standard InChI is InChI=1S/C34H42N2O4/c1-5-7-8-9-11-14-25(3)32(38)36-24-35(29-19-17-27(18-20-29)26-15-12-10-13-16-26)23-30(36)31(37)22-34(33(39)40-4)21-28(34)6-2/h5-6,10,12-13,15-20,25,28,30H,1-2,7-9,11,14,21-24H2,3-4H3/t25-,28+,30-,34+/m0/s1. The van der Waals surface area contributed by atoms with Crippen molar-refractivity contribution in [1.29, 1.82) is 0 Å². The summed E-state index contributed by atoms with van der Waals surface area (Å²) in [6, 6.07) is 17.8. The molecule has 2 aromatic carbocycles. The van der Waals surface area contributed by atoms with Crippen LogP contribution in [-0.4, -0.2) is 48.9 Å². The number of anilines is 1.